The molecule has 1 amide bonds. The molecule has 0 bridgehead atoms. The van der Waals surface area contributed by atoms with Crippen LogP contribution in [0.1, 0.15) is 291 Å². The van der Waals surface area contributed by atoms with Crippen molar-refractivity contribution in [2.45, 2.75) is 388 Å². The molecule has 0 radical (unpaired) electrons. The second kappa shape index (κ2) is 32.1. The van der Waals surface area contributed by atoms with Gasteiger partial charge in [-0.15, -0.1) is 0 Å². The fraction of sp³-hybridized carbons (Fsp3) is 0.956. The molecule has 0 aromatic heterocycles. The molecule has 87 heavy (non-hydrogen) atoms. The summed E-state index contributed by atoms with van der Waals surface area (Å²) in [4.78, 5) is 13.7. The van der Waals surface area contributed by atoms with Gasteiger partial charge in [0.25, 0.3) is 0 Å². The summed E-state index contributed by atoms with van der Waals surface area (Å²) in [5.74, 6) is -7.62. The Morgan fingerprint density at radius 2 is 0.816 bits per heavy atom. The van der Waals surface area contributed by atoms with Gasteiger partial charge in [-0.3, -0.25) is 4.79 Å². The lowest BCUT2D eigenvalue weighted by Gasteiger charge is -2.72. The molecular weight excluding hydrogens is 1120 g/mol. The van der Waals surface area contributed by atoms with E-state index in [9.17, 15) is 61.0 Å². The Labute approximate surface area is 525 Å². The van der Waals surface area contributed by atoms with E-state index in [2.05, 4.69) is 19.2 Å². The van der Waals surface area contributed by atoms with Gasteiger partial charge in [-0.1, -0.05) is 180 Å². The molecule has 3 saturated heterocycles. The molecular formula is C68H129NO18. The van der Waals surface area contributed by atoms with Crippen molar-refractivity contribution < 1.29 is 89.4 Å². The van der Waals surface area contributed by atoms with Crippen LogP contribution in [0, 0.1) is 0 Å². The molecule has 0 aromatic carbocycles. The van der Waals surface area contributed by atoms with Crippen LogP contribution in [0.5, 0.6) is 0 Å². The molecule has 3 aliphatic rings. The molecule has 0 spiro atoms. The number of ether oxygens (including phenoxy) is 6. The summed E-state index contributed by atoms with van der Waals surface area (Å²) < 4.78 is 39.4. The van der Waals surface area contributed by atoms with Gasteiger partial charge in [-0.05, 0) is 116 Å². The van der Waals surface area contributed by atoms with E-state index in [0.29, 0.717) is 12.8 Å². The number of nitrogens with one attached hydrogen (secondary N) is 1. The first-order chi connectivity index (χ1) is 40.2. The number of amides is 1. The zero-order valence-corrected chi connectivity index (χ0v) is 57.3. The van der Waals surface area contributed by atoms with E-state index in [4.69, 9.17) is 28.4 Å². The van der Waals surface area contributed by atoms with Crippen LogP contribution in [0.4, 0.5) is 0 Å². The molecule has 0 aliphatic carbocycles. The number of aliphatic hydroxyl groups is 11. The molecule has 17 atom stereocenters. The summed E-state index contributed by atoms with van der Waals surface area (Å²) in [7, 11) is 0. The van der Waals surface area contributed by atoms with E-state index in [1.807, 2.05) is 6.08 Å². The van der Waals surface area contributed by atoms with Gasteiger partial charge in [-0.25, -0.2) is 0 Å². The number of hydrogen-bond acceptors (Lipinski definition) is 18. The monoisotopic (exact) mass is 1250 g/mol. The third kappa shape index (κ3) is 16.5. The van der Waals surface area contributed by atoms with Crippen LogP contribution in [0.25, 0.3) is 0 Å². The lowest BCUT2D eigenvalue weighted by atomic mass is 9.58. The predicted octanol–water partition coefficient (Wildman–Crippen LogP) is 9.28. The van der Waals surface area contributed by atoms with Gasteiger partial charge in [0.1, 0.15) is 67.7 Å². The van der Waals surface area contributed by atoms with Gasteiger partial charge in [-0.2, -0.15) is 0 Å². The maximum Gasteiger partial charge on any atom is 0.220 e. The first-order valence-electron chi connectivity index (χ1n) is 33.8. The Balaban J connectivity index is 1.89. The molecule has 19 nitrogen and oxygen atoms in total. The lowest BCUT2D eigenvalue weighted by molar-refractivity contribution is -0.536. The third-order valence-electron chi connectivity index (χ3n) is 22.4. The largest absolute Gasteiger partial charge is 0.394 e. The molecule has 514 valence electrons. The van der Waals surface area contributed by atoms with E-state index in [1.165, 1.54) is 184 Å². The molecule has 3 heterocycles. The number of allylic oxidation sites excluding steroid dienone is 1. The van der Waals surface area contributed by atoms with Gasteiger partial charge < -0.3 is 89.9 Å². The van der Waals surface area contributed by atoms with Crippen molar-refractivity contribution in [1.29, 1.82) is 0 Å². The van der Waals surface area contributed by atoms with E-state index in [-0.39, 0.29) is 12.3 Å². The second-order valence-electron chi connectivity index (χ2n) is 28.9. The standard InChI is InChI=1S/C68H129NO18/c1-17-19-21-23-25-27-29-31-32-34-36-38-40-42-44-46-54(74)69-51(52(73)45-43-41-39-37-35-33-30-28-26-24-22-20-18-2)48-82-66(14)62(10,80)59(7,77)65(13,55(3,49-71)84-66)87-68(16)63(11,81)60(8,78)64(12,56(4,50-72)85-68)86-67(15)61(9,79)58(6,76)57(5,75)53(47-70)83-67/h43,45,51-53,70-73,75-81H,17-42,44,46-50H2,1-16H3,(H,69,74)/b45-43-. The molecule has 0 saturated carbocycles. The molecule has 17 unspecified atom stereocenters. The predicted molar refractivity (Wildman–Crippen MR) is 337 cm³/mol. The minimum Gasteiger partial charge on any atom is -0.394 e. The number of unbranched alkanes of at least 4 members (excludes halogenated alkanes) is 25. The summed E-state index contributed by atoms with van der Waals surface area (Å²) in [6.07, 6.45) is 32.6. The summed E-state index contributed by atoms with van der Waals surface area (Å²) >= 11 is 0. The maximum absolute atomic E-state index is 13.7. The van der Waals surface area contributed by atoms with Crippen molar-refractivity contribution in [3.8, 4) is 0 Å². The van der Waals surface area contributed by atoms with Crippen LogP contribution in [0.2, 0.25) is 0 Å². The second-order valence-corrected chi connectivity index (χ2v) is 28.9. The number of rotatable bonds is 41. The van der Waals surface area contributed by atoms with E-state index in [1.54, 1.807) is 6.08 Å². The number of carbonyl (C=O) groups is 1. The zero-order valence-electron chi connectivity index (χ0n) is 57.3. The van der Waals surface area contributed by atoms with Gasteiger partial charge >= 0.3 is 0 Å². The Kier molecular flexibility index (Phi) is 29.4. The Morgan fingerprint density at radius 3 is 1.21 bits per heavy atom. The summed E-state index contributed by atoms with van der Waals surface area (Å²) in [6, 6.07) is -1.06. The van der Waals surface area contributed by atoms with Crippen LogP contribution in [-0.4, -0.2) is 186 Å². The number of aliphatic hydroxyl groups excluding tert-OH is 4. The van der Waals surface area contributed by atoms with Crippen molar-refractivity contribution >= 4 is 5.91 Å². The fourth-order valence-electron chi connectivity index (χ4n) is 13.7. The highest BCUT2D eigenvalue weighted by atomic mass is 16.8. The topological polar surface area (TPSA) is 307 Å². The molecule has 0 aromatic rings. The quantitative estimate of drug-likeness (QED) is 0.0200. The van der Waals surface area contributed by atoms with Crippen LogP contribution in [0.3, 0.4) is 0 Å². The van der Waals surface area contributed by atoms with Gasteiger partial charge in [0.15, 0.2) is 17.4 Å². The Bertz CT molecular complexity index is 2080. The average molecular weight is 1250 g/mol. The lowest BCUT2D eigenvalue weighted by Crippen LogP contribution is -2.91. The third-order valence-corrected chi connectivity index (χ3v) is 22.4. The minimum absolute atomic E-state index is 0.212. The highest BCUT2D eigenvalue weighted by Crippen LogP contribution is 2.63. The zero-order chi connectivity index (χ0) is 66.3. The summed E-state index contributed by atoms with van der Waals surface area (Å²) in [5, 5.41) is 135. The van der Waals surface area contributed by atoms with Crippen molar-refractivity contribution in [3.05, 3.63) is 12.2 Å². The van der Waals surface area contributed by atoms with Gasteiger partial charge in [0, 0.05) is 6.42 Å². The molecule has 3 rings (SSSR count). The average Bonchev–Trinajstić information content (AvgIpc) is 0.675. The van der Waals surface area contributed by atoms with E-state index in [0.717, 1.165) is 73.1 Å². The number of hydrogen-bond donors (Lipinski definition) is 12. The fourth-order valence-corrected chi connectivity index (χ4v) is 13.7. The molecule has 3 aliphatic heterocycles. The minimum atomic E-state index is -2.74. The normalized spacial score (nSPS) is 40.7. The Hall–Kier alpha value is -1.47. The maximum atomic E-state index is 13.7. The highest BCUT2D eigenvalue weighted by Gasteiger charge is 2.83. The molecule has 12 N–H and O–H groups in total. The van der Waals surface area contributed by atoms with Crippen molar-refractivity contribution in [1.82, 2.24) is 5.32 Å². The van der Waals surface area contributed by atoms with Crippen molar-refractivity contribution in [3.63, 3.8) is 0 Å². The van der Waals surface area contributed by atoms with Crippen LogP contribution in [0.15, 0.2) is 12.2 Å². The molecule has 3 fully saturated rings. The van der Waals surface area contributed by atoms with Crippen LogP contribution >= 0.6 is 0 Å². The van der Waals surface area contributed by atoms with Crippen molar-refractivity contribution in [2.75, 3.05) is 26.4 Å². The van der Waals surface area contributed by atoms with Gasteiger partial charge in [0.05, 0.1) is 38.6 Å². The SMILES string of the molecule is CCCCCCCCCCCCC/C=C\C(O)C(COC1(C)OC(C)(CO)C(C)(OC2(C)OC(C)(CO)C(C)(OC3(C)OC(CO)C(C)(O)C(C)(O)C3(C)O)C(C)(O)C2(C)O)C(C)(O)C1(C)O)NC(=O)CCCCCCCCCCCCCCCCC. The first kappa shape index (κ1) is 79.8. The first-order valence-corrected chi connectivity index (χ1v) is 33.8. The van der Waals surface area contributed by atoms with Crippen LogP contribution in [-0.2, 0) is 33.2 Å². The summed E-state index contributed by atoms with van der Waals surface area (Å²) in [6.45, 7) is 18.3. The molecule has 19 heteroatoms. The Morgan fingerprint density at radius 1 is 0.471 bits per heavy atom. The highest BCUT2D eigenvalue weighted by molar-refractivity contribution is 5.76. The number of carbonyl (C=O) groups excluding carboxylic acids is 1. The van der Waals surface area contributed by atoms with E-state index >= 15 is 0 Å². The van der Waals surface area contributed by atoms with E-state index < -0.39 is 124 Å². The summed E-state index contributed by atoms with van der Waals surface area (Å²) in [5.41, 5.74) is -27.1. The van der Waals surface area contributed by atoms with Crippen molar-refractivity contribution in [2.24, 2.45) is 0 Å². The smallest absolute Gasteiger partial charge is 0.220 e. The van der Waals surface area contributed by atoms with Gasteiger partial charge in [0.2, 0.25) is 5.91 Å². The van der Waals surface area contributed by atoms with Crippen LogP contribution < -0.4 is 5.32 Å².